The summed E-state index contributed by atoms with van der Waals surface area (Å²) in [4.78, 5) is 0. The van der Waals surface area contributed by atoms with Crippen LogP contribution in [-0.4, -0.2) is 18.3 Å². The van der Waals surface area contributed by atoms with Crippen molar-refractivity contribution in [3.63, 3.8) is 0 Å². The zero-order valence-electron chi connectivity index (χ0n) is 43.1. The first-order valence-electron chi connectivity index (χ1n) is 27.0. The van der Waals surface area contributed by atoms with Crippen LogP contribution in [0.15, 0.2) is 237 Å². The van der Waals surface area contributed by atoms with E-state index in [9.17, 15) is 10.5 Å². The third-order valence-corrected chi connectivity index (χ3v) is 18.2. The Morgan fingerprint density at radius 2 is 0.688 bits per heavy atom. The topological polar surface area (TPSA) is 67.3 Å². The van der Waals surface area contributed by atoms with Gasteiger partial charge >= 0.3 is 0 Å². The Balaban J connectivity index is 1.19. The molecule has 0 aliphatic rings. The molecule has 0 atom stereocenters. The molecule has 6 nitrogen and oxygen atoms in total. The van der Waals surface area contributed by atoms with E-state index < -0.39 is 0 Å². The van der Waals surface area contributed by atoms with Crippen LogP contribution in [-0.2, 0) is 0 Å². The summed E-state index contributed by atoms with van der Waals surface area (Å²) in [5.74, 6) is 0. The molecule has 0 aliphatic heterocycles. The molecule has 0 unspecified atom stereocenters. The summed E-state index contributed by atoms with van der Waals surface area (Å²) in [5.41, 5.74) is 14.2. The average molecular weight is 1040 g/mol. The van der Waals surface area contributed by atoms with Crippen LogP contribution < -0.4 is 0 Å². The lowest BCUT2D eigenvalue weighted by Crippen LogP contribution is -2.16. The normalized spacial score (nSPS) is 12.0. The number of nitrogens with zero attached hydrogens (tertiary/aromatic N) is 6. The molecular weight excluding hydrogens is 993 g/mol. The molecule has 0 bridgehead atoms. The first-order chi connectivity index (χ1) is 39.6. The third-order valence-electron chi connectivity index (χ3n) is 17.0. The van der Waals surface area contributed by atoms with E-state index in [1.165, 1.54) is 36.7 Å². The molecule has 0 amide bonds. The zero-order chi connectivity index (χ0) is 52.9. The minimum atomic E-state index is 0.422. The maximum atomic E-state index is 12.9. The number of hydrogen-bond donors (Lipinski definition) is 0. The highest BCUT2D eigenvalue weighted by atomic mass is 32.1. The average Bonchev–Trinajstić information content (AvgIpc) is 4.46. The van der Waals surface area contributed by atoms with E-state index in [0.29, 0.717) is 33.9 Å². The Bertz CT molecular complexity index is 5500. The summed E-state index contributed by atoms with van der Waals surface area (Å²) >= 11 is 1.81. The smallest absolute Gasteiger partial charge is 0.104 e. The molecule has 0 aliphatic carbocycles. The van der Waals surface area contributed by atoms with Crippen molar-refractivity contribution in [3.8, 4) is 46.0 Å². The van der Waals surface area contributed by atoms with Gasteiger partial charge in [0.25, 0.3) is 0 Å². The molecule has 5 heterocycles. The summed E-state index contributed by atoms with van der Waals surface area (Å²) in [5, 5.41) is 38.9. The number of aromatic nitrogens is 4. The van der Waals surface area contributed by atoms with Gasteiger partial charge in [0.1, 0.15) is 23.3 Å². The Hall–Kier alpha value is -10.7. The molecule has 0 radical (unpaired) electrons. The first kappa shape index (κ1) is 44.4. The molecular formula is C73H42N6S. The molecule has 0 N–H and O–H groups in total. The van der Waals surface area contributed by atoms with Crippen molar-refractivity contribution in [1.29, 1.82) is 10.5 Å². The SMILES string of the molecule is Cc1ccc2ccccc2c1-c1cccc2c1c1c3sc4ccccc4c3ccc1n2-c1c(C#N)c(-n2c3ccccc3c3ccccc32)c(-n2c3ccccc3c3ccccc32)c(C#N)c1-n1c2ccccc2c2ccccc21. The maximum Gasteiger partial charge on any atom is 0.104 e. The number of nitriles is 2. The van der Waals surface area contributed by atoms with Gasteiger partial charge in [-0.05, 0) is 89.0 Å². The fourth-order valence-electron chi connectivity index (χ4n) is 13.8. The molecule has 5 aromatic heterocycles. The highest BCUT2D eigenvalue weighted by Gasteiger charge is 2.35. The molecule has 0 fully saturated rings. The minimum Gasteiger partial charge on any atom is -0.306 e. The van der Waals surface area contributed by atoms with Gasteiger partial charge in [-0.25, -0.2) is 0 Å². The number of hydrogen-bond acceptors (Lipinski definition) is 3. The molecule has 80 heavy (non-hydrogen) atoms. The number of thiophene rings is 1. The van der Waals surface area contributed by atoms with Gasteiger partial charge in [-0.2, -0.15) is 10.5 Å². The van der Waals surface area contributed by atoms with Gasteiger partial charge in [-0.3, -0.25) is 0 Å². The predicted molar refractivity (Wildman–Crippen MR) is 334 cm³/mol. The van der Waals surface area contributed by atoms with Crippen molar-refractivity contribution < 1.29 is 0 Å². The van der Waals surface area contributed by atoms with Gasteiger partial charge in [0.15, 0.2) is 0 Å². The summed E-state index contributed by atoms with van der Waals surface area (Å²) in [6.07, 6.45) is 0. The second-order valence-corrected chi connectivity index (χ2v) is 22.0. The van der Waals surface area contributed by atoms with Crippen LogP contribution in [0.4, 0.5) is 0 Å². The van der Waals surface area contributed by atoms with Gasteiger partial charge in [0.2, 0.25) is 0 Å². The Kier molecular flexibility index (Phi) is 9.25. The van der Waals surface area contributed by atoms with Gasteiger partial charge in [0.05, 0.1) is 66.9 Å². The van der Waals surface area contributed by atoms with Crippen LogP contribution in [0.2, 0.25) is 0 Å². The van der Waals surface area contributed by atoms with E-state index in [4.69, 9.17) is 0 Å². The van der Waals surface area contributed by atoms with Gasteiger partial charge in [-0.1, -0.05) is 182 Å². The molecule has 17 aromatic rings. The van der Waals surface area contributed by atoms with E-state index in [1.54, 1.807) is 0 Å². The van der Waals surface area contributed by atoms with Crippen LogP contribution >= 0.6 is 11.3 Å². The Morgan fingerprint density at radius 3 is 1.15 bits per heavy atom. The zero-order valence-corrected chi connectivity index (χ0v) is 43.9. The highest BCUT2D eigenvalue weighted by Crippen LogP contribution is 2.52. The standard InChI is InChI=1S/C73H42N6S/c1-43-37-38-44-19-2-3-20-45(44)66(43)54-28-18-35-63-67(54)68-64(40-39-53-52-27-10-17-36-65(52)80-73(53)68)79(63)72-56(42-75)70(77-59-31-13-6-23-48(59)49-24-7-14-32-60(49)77)69(76-57-29-11-4-21-46(57)47-22-5-12-30-58(47)76)55(41-74)71(72)78-61-33-15-8-25-50(61)51-26-9-16-34-62(51)78/h2-40H,1H3. The molecule has 0 saturated carbocycles. The summed E-state index contributed by atoms with van der Waals surface area (Å²) in [6, 6.07) is 89.9. The lowest BCUT2D eigenvalue weighted by molar-refractivity contribution is 1.02. The number of fused-ring (bicyclic) bond motifs is 17. The largest absolute Gasteiger partial charge is 0.306 e. The summed E-state index contributed by atoms with van der Waals surface area (Å²) in [6.45, 7) is 2.22. The highest BCUT2D eigenvalue weighted by molar-refractivity contribution is 7.26. The molecule has 12 aromatic carbocycles. The fraction of sp³-hybridized carbons (Fsp3) is 0.0137. The van der Waals surface area contributed by atoms with Crippen molar-refractivity contribution in [3.05, 3.63) is 253 Å². The van der Waals surface area contributed by atoms with Crippen LogP contribution in [0.3, 0.4) is 0 Å². The van der Waals surface area contributed by atoms with Crippen molar-refractivity contribution in [2.24, 2.45) is 0 Å². The second-order valence-electron chi connectivity index (χ2n) is 20.9. The second kappa shape index (κ2) is 16.7. The summed E-state index contributed by atoms with van der Waals surface area (Å²) < 4.78 is 11.5. The summed E-state index contributed by atoms with van der Waals surface area (Å²) in [7, 11) is 0. The molecule has 0 spiro atoms. The van der Waals surface area contributed by atoms with Gasteiger partial charge in [0, 0.05) is 63.3 Å². The third kappa shape index (κ3) is 5.83. The lowest BCUT2D eigenvalue weighted by atomic mass is 9.91. The first-order valence-corrected chi connectivity index (χ1v) is 27.8. The van der Waals surface area contributed by atoms with E-state index >= 15 is 0 Å². The quantitative estimate of drug-likeness (QED) is 0.172. The van der Waals surface area contributed by atoms with Crippen LogP contribution in [0.5, 0.6) is 0 Å². The molecule has 7 heteroatoms. The molecule has 0 saturated heterocycles. The van der Waals surface area contributed by atoms with Crippen LogP contribution in [0.1, 0.15) is 16.7 Å². The van der Waals surface area contributed by atoms with Crippen molar-refractivity contribution in [2.75, 3.05) is 0 Å². The predicted octanol–water partition coefficient (Wildman–Crippen LogP) is 19.3. The minimum absolute atomic E-state index is 0.422. The molecule has 17 rings (SSSR count). The van der Waals surface area contributed by atoms with Gasteiger partial charge < -0.3 is 18.3 Å². The van der Waals surface area contributed by atoms with Crippen molar-refractivity contribution >= 4 is 130 Å². The fourth-order valence-corrected chi connectivity index (χ4v) is 15.0. The Labute approximate surface area is 461 Å². The van der Waals surface area contributed by atoms with Gasteiger partial charge in [-0.15, -0.1) is 11.3 Å². The van der Waals surface area contributed by atoms with E-state index in [0.717, 1.165) is 98.2 Å². The van der Waals surface area contributed by atoms with E-state index in [2.05, 4.69) is 274 Å². The molecule has 370 valence electrons. The van der Waals surface area contributed by atoms with E-state index in [1.807, 2.05) is 11.3 Å². The Morgan fingerprint density at radius 1 is 0.312 bits per heavy atom. The monoisotopic (exact) mass is 1030 g/mol. The van der Waals surface area contributed by atoms with Crippen LogP contribution in [0, 0.1) is 29.6 Å². The number of rotatable bonds is 5. The number of para-hydroxylation sites is 6. The number of benzene rings is 12. The number of aryl methyl sites for hydroxylation is 1. The lowest BCUT2D eigenvalue weighted by Gasteiger charge is -2.27. The van der Waals surface area contributed by atoms with Crippen LogP contribution in [0.25, 0.3) is 152 Å². The van der Waals surface area contributed by atoms with Crippen molar-refractivity contribution in [1.82, 2.24) is 18.3 Å². The van der Waals surface area contributed by atoms with Crippen molar-refractivity contribution in [2.45, 2.75) is 6.92 Å². The maximum absolute atomic E-state index is 12.9. The van der Waals surface area contributed by atoms with E-state index in [-0.39, 0.29) is 0 Å².